The van der Waals surface area contributed by atoms with E-state index in [0.717, 1.165) is 16.8 Å². The van der Waals surface area contributed by atoms with E-state index in [1.165, 1.54) is 18.2 Å². The lowest BCUT2D eigenvalue weighted by Crippen LogP contribution is -2.36. The van der Waals surface area contributed by atoms with E-state index >= 15 is 0 Å². The average Bonchev–Trinajstić information content (AvgIpc) is 3.08. The van der Waals surface area contributed by atoms with Crippen LogP contribution >= 0.6 is 23.5 Å². The maximum Gasteiger partial charge on any atom is 0.490 e. The molecule has 23 heteroatoms. The van der Waals surface area contributed by atoms with Crippen molar-refractivity contribution >= 4 is 29.2 Å². The fraction of sp³-hybridized carbons (Fsp3) is 0.375. The molecule has 1 aromatic heterocycles. The predicted molar refractivity (Wildman–Crippen MR) is 122 cm³/mol. The molecule has 0 amide bonds. The second-order valence-electron chi connectivity index (χ2n) is 7.56. The minimum absolute atomic E-state index is 0.199. The summed E-state index contributed by atoms with van der Waals surface area (Å²) in [7, 11) is -16.9. The summed E-state index contributed by atoms with van der Waals surface area (Å²) in [5.74, 6) is -0.244. The summed E-state index contributed by atoms with van der Waals surface area (Å²) in [6, 6.07) is 6.85. The molecule has 6 N–H and O–H groups in total. The Kier molecular flexibility index (Phi) is 9.57. The zero-order chi connectivity index (χ0) is 29.2. The van der Waals surface area contributed by atoms with E-state index in [4.69, 9.17) is 24.2 Å². The van der Waals surface area contributed by atoms with Crippen molar-refractivity contribution in [1.82, 2.24) is 9.55 Å². The van der Waals surface area contributed by atoms with Crippen molar-refractivity contribution in [2.75, 3.05) is 6.61 Å². The van der Waals surface area contributed by atoms with Crippen LogP contribution in [-0.4, -0.2) is 69.2 Å². The maximum atomic E-state index is 12.5. The number of phosphoric ester groups is 1. The number of nitro benzene ring substituents is 1. The second-order valence-corrected chi connectivity index (χ2v) is 12.0. The first-order valence-corrected chi connectivity index (χ1v) is 14.7. The maximum absolute atomic E-state index is 12.5. The van der Waals surface area contributed by atoms with Gasteiger partial charge in [0.25, 0.3) is 5.69 Å². The molecule has 0 bridgehead atoms. The van der Waals surface area contributed by atoms with Crippen molar-refractivity contribution in [2.45, 2.75) is 31.1 Å². The van der Waals surface area contributed by atoms with Crippen LogP contribution in [0, 0.1) is 10.1 Å². The van der Waals surface area contributed by atoms with Gasteiger partial charge >= 0.3 is 29.2 Å². The van der Waals surface area contributed by atoms with Crippen molar-refractivity contribution in [3.8, 4) is 5.88 Å². The van der Waals surface area contributed by atoms with E-state index < -0.39 is 65.2 Å². The highest BCUT2D eigenvalue weighted by atomic mass is 31.3. The summed E-state index contributed by atoms with van der Waals surface area (Å²) in [6.07, 6.45) is -5.85. The summed E-state index contributed by atoms with van der Waals surface area (Å²) in [6.45, 7) is -1.39. The smallest absolute Gasteiger partial charge is 0.472 e. The molecular formula is C16H20N3O17P3. The van der Waals surface area contributed by atoms with Crippen LogP contribution < -0.4 is 10.4 Å². The van der Waals surface area contributed by atoms with Gasteiger partial charge in [-0.3, -0.25) is 19.2 Å². The summed E-state index contributed by atoms with van der Waals surface area (Å²) < 4.78 is 56.7. The average molecular weight is 619 g/mol. The van der Waals surface area contributed by atoms with E-state index in [1.807, 2.05) is 0 Å². The minimum atomic E-state index is -5.78. The van der Waals surface area contributed by atoms with Crippen LogP contribution in [0.5, 0.6) is 5.88 Å². The van der Waals surface area contributed by atoms with Crippen molar-refractivity contribution < 1.29 is 71.0 Å². The SMILES string of the molecule is O=c1nc(OCc2ccccc2[N+](=O)[O-])ccn1[C@@H]1O[C@H](COP(=O)(O)OP(=O)(O)OP(=O)(O)O)[C@@H](O)[C@H]1O. The molecule has 216 valence electrons. The fourth-order valence-corrected chi connectivity index (χ4v) is 6.23. The molecule has 1 aliphatic rings. The number of para-hydroxylation sites is 1. The number of nitro groups is 1. The van der Waals surface area contributed by atoms with Gasteiger partial charge in [0.05, 0.1) is 17.1 Å². The molecule has 2 heterocycles. The number of aliphatic hydroxyl groups is 2. The molecule has 0 radical (unpaired) electrons. The molecule has 0 spiro atoms. The Bertz CT molecular complexity index is 1410. The monoisotopic (exact) mass is 619 g/mol. The topological polar surface area (TPSA) is 297 Å². The third-order valence-corrected chi connectivity index (χ3v) is 8.60. The molecule has 3 rings (SSSR count). The molecule has 0 aliphatic carbocycles. The standard InChI is InChI=1S/C16H20N3O17P3/c20-13-11(8-33-38(28,29)36-39(30,31)35-37(25,26)27)34-15(14(13)21)18-6-5-12(17-16(18)22)32-7-9-3-1-2-4-10(9)19(23)24/h1-6,11,13-15,20-21H,7-8H2,(H,28,29)(H,30,31)(H2,25,26,27)/t11-,13-,14-,15-/m1/s1. The number of ether oxygens (including phenoxy) is 2. The largest absolute Gasteiger partial charge is 0.490 e. The first kappa shape index (κ1) is 31.1. The first-order chi connectivity index (χ1) is 18.0. The van der Waals surface area contributed by atoms with Crippen LogP contribution in [-0.2, 0) is 38.2 Å². The predicted octanol–water partition coefficient (Wildman–Crippen LogP) is -0.307. The molecule has 1 fully saturated rings. The summed E-state index contributed by atoms with van der Waals surface area (Å²) >= 11 is 0. The van der Waals surface area contributed by atoms with Gasteiger partial charge in [-0.25, -0.2) is 18.5 Å². The highest BCUT2D eigenvalue weighted by molar-refractivity contribution is 7.66. The van der Waals surface area contributed by atoms with Crippen LogP contribution in [0.4, 0.5) is 5.69 Å². The molecular weight excluding hydrogens is 599 g/mol. The minimum Gasteiger partial charge on any atom is -0.472 e. The Morgan fingerprint density at radius 3 is 2.31 bits per heavy atom. The lowest BCUT2D eigenvalue weighted by atomic mass is 10.1. The molecule has 0 saturated carbocycles. The van der Waals surface area contributed by atoms with E-state index in [2.05, 4.69) is 18.1 Å². The number of benzene rings is 1. The van der Waals surface area contributed by atoms with E-state index in [-0.39, 0.29) is 23.7 Å². The number of rotatable bonds is 12. The molecule has 1 aliphatic heterocycles. The van der Waals surface area contributed by atoms with Crippen LogP contribution in [0.2, 0.25) is 0 Å². The number of hydrogen-bond donors (Lipinski definition) is 6. The van der Waals surface area contributed by atoms with Crippen molar-refractivity contribution in [2.24, 2.45) is 0 Å². The Hall–Kier alpha value is -2.41. The lowest BCUT2D eigenvalue weighted by molar-refractivity contribution is -0.385. The van der Waals surface area contributed by atoms with Crippen LogP contribution in [0.1, 0.15) is 11.8 Å². The molecule has 20 nitrogen and oxygen atoms in total. The van der Waals surface area contributed by atoms with E-state index in [1.54, 1.807) is 6.07 Å². The van der Waals surface area contributed by atoms with Gasteiger partial charge in [-0.15, -0.1) is 0 Å². The van der Waals surface area contributed by atoms with Crippen molar-refractivity contribution in [1.29, 1.82) is 0 Å². The van der Waals surface area contributed by atoms with Crippen LogP contribution in [0.15, 0.2) is 41.3 Å². The fourth-order valence-electron chi connectivity index (χ4n) is 3.20. The van der Waals surface area contributed by atoms with Gasteiger partial charge in [0.15, 0.2) is 6.23 Å². The molecule has 39 heavy (non-hydrogen) atoms. The number of nitrogens with zero attached hydrogens (tertiary/aromatic N) is 3. The van der Waals surface area contributed by atoms with Gasteiger partial charge in [-0.1, -0.05) is 12.1 Å². The molecule has 1 aromatic carbocycles. The quantitative estimate of drug-likeness (QED) is 0.101. The number of hydrogen-bond acceptors (Lipinski definition) is 14. The Labute approximate surface area is 216 Å². The van der Waals surface area contributed by atoms with Crippen LogP contribution in [0.3, 0.4) is 0 Å². The van der Waals surface area contributed by atoms with Gasteiger partial charge in [-0.05, 0) is 6.07 Å². The number of aromatic nitrogens is 2. The third-order valence-electron chi connectivity index (χ3n) is 4.80. The van der Waals surface area contributed by atoms with E-state index in [9.17, 15) is 43.7 Å². The normalized spacial score (nSPS) is 24.6. The van der Waals surface area contributed by atoms with Gasteiger partial charge in [0.1, 0.15) is 24.9 Å². The Balaban J connectivity index is 1.64. The Morgan fingerprint density at radius 2 is 1.69 bits per heavy atom. The van der Waals surface area contributed by atoms with Gasteiger partial charge in [-0.2, -0.15) is 13.6 Å². The summed E-state index contributed by atoms with van der Waals surface area (Å²) in [4.78, 5) is 62.3. The van der Waals surface area contributed by atoms with Gasteiger partial charge < -0.3 is 39.3 Å². The molecule has 2 unspecified atom stereocenters. The molecule has 6 atom stereocenters. The molecule has 1 saturated heterocycles. The zero-order valence-corrected chi connectivity index (χ0v) is 21.7. The van der Waals surface area contributed by atoms with Gasteiger partial charge in [0.2, 0.25) is 5.88 Å². The van der Waals surface area contributed by atoms with Gasteiger partial charge in [0, 0.05) is 18.3 Å². The lowest BCUT2D eigenvalue weighted by Gasteiger charge is -2.19. The molecule has 2 aromatic rings. The summed E-state index contributed by atoms with van der Waals surface area (Å²) in [5.41, 5.74) is -1.07. The Morgan fingerprint density at radius 1 is 1.03 bits per heavy atom. The van der Waals surface area contributed by atoms with E-state index in [0.29, 0.717) is 0 Å². The van der Waals surface area contributed by atoms with Crippen molar-refractivity contribution in [3.63, 3.8) is 0 Å². The second kappa shape index (κ2) is 12.0. The summed E-state index contributed by atoms with van der Waals surface area (Å²) in [5, 5.41) is 31.6. The third kappa shape index (κ3) is 8.54. The number of aliphatic hydroxyl groups excluding tert-OH is 2. The number of phosphoric acid groups is 3. The highest BCUT2D eigenvalue weighted by Crippen LogP contribution is 2.66. The zero-order valence-electron chi connectivity index (χ0n) is 19.0. The van der Waals surface area contributed by atoms with Crippen LogP contribution in [0.25, 0.3) is 0 Å². The van der Waals surface area contributed by atoms with Crippen molar-refractivity contribution in [3.05, 3.63) is 62.7 Å². The highest BCUT2D eigenvalue weighted by Gasteiger charge is 2.46. The first-order valence-electron chi connectivity index (χ1n) is 10.2.